The number of halogens is 1. The average molecular weight is 284 g/mol. The number of aryl methyl sites for hydroxylation is 1. The molecule has 1 heterocycles. The van der Waals surface area contributed by atoms with Gasteiger partial charge < -0.3 is 4.42 Å². The molecule has 0 saturated carbocycles. The van der Waals surface area contributed by atoms with Crippen LogP contribution in [0, 0.1) is 10.5 Å². The highest BCUT2D eigenvalue weighted by Gasteiger charge is 2.00. The second-order valence-electron chi connectivity index (χ2n) is 2.95. The molecule has 0 saturated heterocycles. The molecule has 2 heteroatoms. The smallest absolute Gasteiger partial charge is 0.101 e. The van der Waals surface area contributed by atoms with Crippen molar-refractivity contribution in [1.82, 2.24) is 0 Å². The van der Waals surface area contributed by atoms with E-state index in [1.165, 1.54) is 9.13 Å². The maximum atomic E-state index is 5.25. The standard InChI is InChI=1S/C11H9IO/c1-8-6-10(7-13-8)9-2-4-11(12)5-3-9/h2-7H,1H3. The molecule has 0 aliphatic rings. The van der Waals surface area contributed by atoms with E-state index in [9.17, 15) is 0 Å². The van der Waals surface area contributed by atoms with Crippen molar-refractivity contribution in [2.75, 3.05) is 0 Å². The van der Waals surface area contributed by atoms with Gasteiger partial charge in [-0.05, 0) is 53.3 Å². The van der Waals surface area contributed by atoms with Crippen molar-refractivity contribution in [1.29, 1.82) is 0 Å². The van der Waals surface area contributed by atoms with Crippen LogP contribution in [-0.4, -0.2) is 0 Å². The van der Waals surface area contributed by atoms with Crippen molar-refractivity contribution < 1.29 is 4.42 Å². The lowest BCUT2D eigenvalue weighted by atomic mass is 10.1. The van der Waals surface area contributed by atoms with Crippen LogP contribution in [0.2, 0.25) is 0 Å². The summed E-state index contributed by atoms with van der Waals surface area (Å²) in [5.41, 5.74) is 2.35. The molecule has 0 fully saturated rings. The summed E-state index contributed by atoms with van der Waals surface area (Å²) in [6, 6.07) is 10.4. The predicted octanol–water partition coefficient (Wildman–Crippen LogP) is 3.86. The van der Waals surface area contributed by atoms with Gasteiger partial charge in [0.1, 0.15) is 5.76 Å². The number of hydrogen-bond donors (Lipinski definition) is 0. The minimum Gasteiger partial charge on any atom is -0.469 e. The van der Waals surface area contributed by atoms with Gasteiger partial charge in [-0.2, -0.15) is 0 Å². The maximum absolute atomic E-state index is 5.25. The van der Waals surface area contributed by atoms with E-state index in [-0.39, 0.29) is 0 Å². The zero-order valence-corrected chi connectivity index (χ0v) is 9.41. The van der Waals surface area contributed by atoms with Gasteiger partial charge in [-0.1, -0.05) is 12.1 Å². The van der Waals surface area contributed by atoms with Crippen molar-refractivity contribution in [3.63, 3.8) is 0 Å². The fourth-order valence-electron chi connectivity index (χ4n) is 1.24. The summed E-state index contributed by atoms with van der Waals surface area (Å²) in [5.74, 6) is 0.952. The number of furan rings is 1. The molecule has 1 aromatic heterocycles. The van der Waals surface area contributed by atoms with Crippen LogP contribution in [0.15, 0.2) is 41.0 Å². The van der Waals surface area contributed by atoms with Gasteiger partial charge in [-0.15, -0.1) is 0 Å². The molecule has 0 aliphatic carbocycles. The molecule has 0 amide bonds. The van der Waals surface area contributed by atoms with E-state index in [1.807, 2.05) is 13.0 Å². The van der Waals surface area contributed by atoms with Gasteiger partial charge in [0, 0.05) is 9.13 Å². The van der Waals surface area contributed by atoms with Gasteiger partial charge in [-0.25, -0.2) is 0 Å². The molecule has 0 unspecified atom stereocenters. The summed E-state index contributed by atoms with van der Waals surface area (Å²) in [6.07, 6.45) is 1.79. The molecular weight excluding hydrogens is 275 g/mol. The Morgan fingerprint density at radius 1 is 1.08 bits per heavy atom. The summed E-state index contributed by atoms with van der Waals surface area (Å²) in [4.78, 5) is 0. The zero-order chi connectivity index (χ0) is 9.26. The molecule has 0 aliphatic heterocycles. The third-order valence-electron chi connectivity index (χ3n) is 1.91. The van der Waals surface area contributed by atoms with Gasteiger partial charge >= 0.3 is 0 Å². The second kappa shape index (κ2) is 3.54. The first-order valence-electron chi connectivity index (χ1n) is 4.07. The van der Waals surface area contributed by atoms with Crippen molar-refractivity contribution in [2.45, 2.75) is 6.92 Å². The highest BCUT2D eigenvalue weighted by molar-refractivity contribution is 14.1. The quantitative estimate of drug-likeness (QED) is 0.725. The number of benzene rings is 1. The van der Waals surface area contributed by atoms with E-state index in [4.69, 9.17) is 4.42 Å². The van der Waals surface area contributed by atoms with E-state index >= 15 is 0 Å². The first-order valence-corrected chi connectivity index (χ1v) is 5.14. The predicted molar refractivity (Wildman–Crippen MR) is 61.6 cm³/mol. The van der Waals surface area contributed by atoms with Gasteiger partial charge in [0.2, 0.25) is 0 Å². The van der Waals surface area contributed by atoms with Gasteiger partial charge in [0.05, 0.1) is 6.26 Å². The first kappa shape index (κ1) is 8.81. The van der Waals surface area contributed by atoms with Crippen LogP contribution in [0.1, 0.15) is 5.76 Å². The molecule has 2 rings (SSSR count). The van der Waals surface area contributed by atoms with E-state index in [0.717, 1.165) is 11.3 Å². The van der Waals surface area contributed by atoms with E-state index in [2.05, 4.69) is 46.9 Å². The normalized spacial score (nSPS) is 10.3. The van der Waals surface area contributed by atoms with Crippen LogP contribution in [0.25, 0.3) is 11.1 Å². The third-order valence-corrected chi connectivity index (χ3v) is 2.63. The monoisotopic (exact) mass is 284 g/mol. The van der Waals surface area contributed by atoms with Crippen LogP contribution < -0.4 is 0 Å². The molecule has 0 bridgehead atoms. The minimum absolute atomic E-state index is 0.952. The zero-order valence-electron chi connectivity index (χ0n) is 7.25. The summed E-state index contributed by atoms with van der Waals surface area (Å²) >= 11 is 2.30. The Hall–Kier alpha value is -0.770. The Kier molecular flexibility index (Phi) is 2.40. The fraction of sp³-hybridized carbons (Fsp3) is 0.0909. The molecule has 0 N–H and O–H groups in total. The van der Waals surface area contributed by atoms with Gasteiger partial charge in [-0.3, -0.25) is 0 Å². The van der Waals surface area contributed by atoms with Crippen LogP contribution >= 0.6 is 22.6 Å². The van der Waals surface area contributed by atoms with E-state index in [0.29, 0.717) is 0 Å². The lowest BCUT2D eigenvalue weighted by Gasteiger charge is -1.95. The molecule has 66 valence electrons. The Bertz CT molecular complexity index is 400. The Morgan fingerprint density at radius 2 is 1.77 bits per heavy atom. The largest absolute Gasteiger partial charge is 0.469 e. The van der Waals surface area contributed by atoms with Crippen LogP contribution in [-0.2, 0) is 0 Å². The van der Waals surface area contributed by atoms with Crippen molar-refractivity contribution in [2.24, 2.45) is 0 Å². The highest BCUT2D eigenvalue weighted by atomic mass is 127. The molecule has 0 atom stereocenters. The lowest BCUT2D eigenvalue weighted by molar-refractivity contribution is 0.535. The summed E-state index contributed by atoms with van der Waals surface area (Å²) in [6.45, 7) is 1.95. The Labute approximate surface area is 90.9 Å². The fourth-order valence-corrected chi connectivity index (χ4v) is 1.60. The van der Waals surface area contributed by atoms with Gasteiger partial charge in [0.15, 0.2) is 0 Å². The molecule has 1 nitrogen and oxygen atoms in total. The van der Waals surface area contributed by atoms with E-state index in [1.54, 1.807) is 6.26 Å². The lowest BCUT2D eigenvalue weighted by Crippen LogP contribution is -1.73. The third kappa shape index (κ3) is 1.94. The molecule has 13 heavy (non-hydrogen) atoms. The molecule has 1 aromatic carbocycles. The summed E-state index contributed by atoms with van der Waals surface area (Å²) in [7, 11) is 0. The topological polar surface area (TPSA) is 13.1 Å². The molecule has 0 spiro atoms. The second-order valence-corrected chi connectivity index (χ2v) is 4.20. The van der Waals surface area contributed by atoms with Crippen molar-refractivity contribution in [3.05, 3.63) is 45.9 Å². The van der Waals surface area contributed by atoms with Gasteiger partial charge in [0.25, 0.3) is 0 Å². The highest BCUT2D eigenvalue weighted by Crippen LogP contribution is 2.22. The summed E-state index contributed by atoms with van der Waals surface area (Å²) < 4.78 is 6.50. The number of hydrogen-bond acceptors (Lipinski definition) is 1. The van der Waals surface area contributed by atoms with Crippen LogP contribution in [0.4, 0.5) is 0 Å². The molecule has 0 radical (unpaired) electrons. The van der Waals surface area contributed by atoms with Crippen LogP contribution in [0.3, 0.4) is 0 Å². The maximum Gasteiger partial charge on any atom is 0.101 e. The first-order chi connectivity index (χ1) is 6.25. The SMILES string of the molecule is Cc1cc(-c2ccc(I)cc2)co1. The van der Waals surface area contributed by atoms with Crippen molar-refractivity contribution in [3.8, 4) is 11.1 Å². The molecular formula is C11H9IO. The minimum atomic E-state index is 0.952. The van der Waals surface area contributed by atoms with E-state index < -0.39 is 0 Å². The Balaban J connectivity index is 2.41. The van der Waals surface area contributed by atoms with Crippen molar-refractivity contribution >= 4 is 22.6 Å². The number of rotatable bonds is 1. The Morgan fingerprint density at radius 3 is 2.31 bits per heavy atom. The molecule has 2 aromatic rings. The average Bonchev–Trinajstić information content (AvgIpc) is 2.53. The summed E-state index contributed by atoms with van der Waals surface area (Å²) in [5, 5.41) is 0. The van der Waals surface area contributed by atoms with Crippen LogP contribution in [0.5, 0.6) is 0 Å².